The molecular formula is C13H22N2O. The Morgan fingerprint density at radius 1 is 1.38 bits per heavy atom. The van der Waals surface area contributed by atoms with Crippen molar-refractivity contribution in [1.82, 2.24) is 5.32 Å². The molecule has 0 atom stereocenters. The lowest BCUT2D eigenvalue weighted by atomic mass is 9.84. The average Bonchev–Trinajstić information content (AvgIpc) is 2.26. The van der Waals surface area contributed by atoms with E-state index in [1.807, 2.05) is 6.07 Å². The highest BCUT2D eigenvalue weighted by atomic mass is 16.5. The van der Waals surface area contributed by atoms with Crippen molar-refractivity contribution >= 4 is 0 Å². The molecular weight excluding hydrogens is 200 g/mol. The van der Waals surface area contributed by atoms with Gasteiger partial charge in [-0.15, -0.1) is 0 Å². The van der Waals surface area contributed by atoms with Gasteiger partial charge < -0.3 is 15.8 Å². The Hall–Kier alpha value is -1.06. The van der Waals surface area contributed by atoms with Gasteiger partial charge in [-0.2, -0.15) is 0 Å². The molecule has 16 heavy (non-hydrogen) atoms. The highest BCUT2D eigenvalue weighted by Crippen LogP contribution is 2.27. The first kappa shape index (κ1) is 13.0. The lowest BCUT2D eigenvalue weighted by Crippen LogP contribution is -2.36. The molecule has 0 unspecified atom stereocenters. The summed E-state index contributed by atoms with van der Waals surface area (Å²) in [4.78, 5) is 0. The van der Waals surface area contributed by atoms with Crippen LogP contribution >= 0.6 is 0 Å². The van der Waals surface area contributed by atoms with E-state index >= 15 is 0 Å². The normalized spacial score (nSPS) is 11.6. The second-order valence-electron chi connectivity index (χ2n) is 4.70. The van der Waals surface area contributed by atoms with Crippen LogP contribution in [-0.2, 0) is 5.41 Å². The minimum atomic E-state index is 0.0798. The Morgan fingerprint density at radius 3 is 2.56 bits per heavy atom. The quantitative estimate of drug-likeness (QED) is 0.747. The predicted molar refractivity (Wildman–Crippen MR) is 67.8 cm³/mol. The lowest BCUT2D eigenvalue weighted by Gasteiger charge is -2.26. The van der Waals surface area contributed by atoms with Crippen LogP contribution in [0.4, 0.5) is 0 Å². The summed E-state index contributed by atoms with van der Waals surface area (Å²) in [6, 6.07) is 6.32. The van der Waals surface area contributed by atoms with Crippen molar-refractivity contribution in [3.05, 3.63) is 29.3 Å². The maximum atomic E-state index is 5.46. The third-order valence-corrected chi connectivity index (χ3v) is 2.89. The fourth-order valence-electron chi connectivity index (χ4n) is 1.79. The number of nitrogens with one attached hydrogen (secondary N) is 1. The number of hydrogen-bond acceptors (Lipinski definition) is 3. The first-order chi connectivity index (χ1) is 7.51. The highest BCUT2D eigenvalue weighted by Gasteiger charge is 2.20. The monoisotopic (exact) mass is 222 g/mol. The molecule has 0 amide bonds. The molecule has 0 saturated heterocycles. The van der Waals surface area contributed by atoms with Crippen LogP contribution in [0.25, 0.3) is 0 Å². The van der Waals surface area contributed by atoms with Crippen LogP contribution in [0.5, 0.6) is 5.75 Å². The molecule has 0 fully saturated rings. The molecule has 0 radical (unpaired) electrons. The zero-order valence-corrected chi connectivity index (χ0v) is 10.6. The van der Waals surface area contributed by atoms with Crippen molar-refractivity contribution in [3.8, 4) is 5.75 Å². The summed E-state index contributed by atoms with van der Waals surface area (Å²) in [5.41, 5.74) is 8.00. The number of aryl methyl sites for hydroxylation is 1. The van der Waals surface area contributed by atoms with Gasteiger partial charge in [0.15, 0.2) is 0 Å². The van der Waals surface area contributed by atoms with Crippen LogP contribution in [0.3, 0.4) is 0 Å². The van der Waals surface area contributed by atoms with Gasteiger partial charge in [0.2, 0.25) is 0 Å². The molecule has 0 aromatic heterocycles. The molecule has 0 aliphatic heterocycles. The highest BCUT2D eigenvalue weighted by molar-refractivity contribution is 5.39. The second kappa shape index (κ2) is 5.32. The van der Waals surface area contributed by atoms with Gasteiger partial charge in [0.25, 0.3) is 0 Å². The average molecular weight is 222 g/mol. The van der Waals surface area contributed by atoms with E-state index in [-0.39, 0.29) is 5.41 Å². The topological polar surface area (TPSA) is 47.3 Å². The van der Waals surface area contributed by atoms with Crippen molar-refractivity contribution in [2.75, 3.05) is 20.3 Å². The molecule has 1 aromatic rings. The van der Waals surface area contributed by atoms with E-state index in [0.29, 0.717) is 6.67 Å². The molecule has 0 bridgehead atoms. The number of ether oxygens (including phenoxy) is 1. The molecule has 90 valence electrons. The number of hydrogen-bond donors (Lipinski definition) is 2. The fourth-order valence-corrected chi connectivity index (χ4v) is 1.79. The minimum absolute atomic E-state index is 0.0798. The van der Waals surface area contributed by atoms with Crippen LogP contribution in [0, 0.1) is 6.92 Å². The predicted octanol–water partition coefficient (Wildman–Crippen LogP) is 1.79. The Balaban J connectivity index is 2.91. The van der Waals surface area contributed by atoms with E-state index in [2.05, 4.69) is 38.2 Å². The smallest absolute Gasteiger partial charge is 0.121 e. The lowest BCUT2D eigenvalue weighted by molar-refractivity contribution is 0.410. The number of rotatable bonds is 5. The van der Waals surface area contributed by atoms with E-state index in [4.69, 9.17) is 10.5 Å². The first-order valence-electron chi connectivity index (χ1n) is 5.57. The van der Waals surface area contributed by atoms with Crippen molar-refractivity contribution in [1.29, 1.82) is 0 Å². The Kier molecular flexibility index (Phi) is 4.33. The van der Waals surface area contributed by atoms with Crippen molar-refractivity contribution in [2.45, 2.75) is 26.2 Å². The van der Waals surface area contributed by atoms with Gasteiger partial charge in [-0.3, -0.25) is 0 Å². The third-order valence-electron chi connectivity index (χ3n) is 2.89. The van der Waals surface area contributed by atoms with Crippen LogP contribution in [0.1, 0.15) is 25.0 Å². The van der Waals surface area contributed by atoms with Gasteiger partial charge in [0.05, 0.1) is 7.11 Å². The number of methoxy groups -OCH3 is 1. The Bertz CT molecular complexity index is 348. The minimum Gasteiger partial charge on any atom is -0.496 e. The standard InChI is InChI=1S/C13H22N2O/c1-10-7-11(5-6-12(10)16-4)13(2,3)8-15-9-14/h5-7,15H,8-9,14H2,1-4H3. The van der Waals surface area contributed by atoms with Gasteiger partial charge in [0.1, 0.15) is 5.75 Å². The van der Waals surface area contributed by atoms with Crippen LogP contribution in [-0.4, -0.2) is 20.3 Å². The van der Waals surface area contributed by atoms with E-state index < -0.39 is 0 Å². The third kappa shape index (κ3) is 2.97. The van der Waals surface area contributed by atoms with Gasteiger partial charge in [-0.25, -0.2) is 0 Å². The molecule has 1 aromatic carbocycles. The Morgan fingerprint density at radius 2 is 2.06 bits per heavy atom. The molecule has 3 N–H and O–H groups in total. The van der Waals surface area contributed by atoms with E-state index in [1.54, 1.807) is 7.11 Å². The summed E-state index contributed by atoms with van der Waals surface area (Å²) in [6.07, 6.45) is 0. The van der Waals surface area contributed by atoms with Crippen LogP contribution in [0.2, 0.25) is 0 Å². The van der Waals surface area contributed by atoms with E-state index in [9.17, 15) is 0 Å². The number of nitrogens with two attached hydrogens (primary N) is 1. The summed E-state index contributed by atoms with van der Waals surface area (Å²) in [7, 11) is 1.70. The van der Waals surface area contributed by atoms with Crippen molar-refractivity contribution in [2.24, 2.45) is 5.73 Å². The summed E-state index contributed by atoms with van der Waals surface area (Å²) in [5.74, 6) is 0.936. The second-order valence-corrected chi connectivity index (χ2v) is 4.70. The Labute approximate surface area is 98.0 Å². The van der Waals surface area contributed by atoms with Gasteiger partial charge in [-0.1, -0.05) is 26.0 Å². The molecule has 0 aliphatic carbocycles. The zero-order valence-electron chi connectivity index (χ0n) is 10.6. The molecule has 0 heterocycles. The molecule has 0 saturated carbocycles. The van der Waals surface area contributed by atoms with E-state index in [0.717, 1.165) is 12.3 Å². The molecule has 0 aliphatic rings. The number of benzene rings is 1. The van der Waals surface area contributed by atoms with Crippen molar-refractivity contribution in [3.63, 3.8) is 0 Å². The van der Waals surface area contributed by atoms with Gasteiger partial charge >= 0.3 is 0 Å². The van der Waals surface area contributed by atoms with Crippen LogP contribution < -0.4 is 15.8 Å². The summed E-state index contributed by atoms with van der Waals surface area (Å²) in [6.45, 7) is 7.86. The summed E-state index contributed by atoms with van der Waals surface area (Å²) >= 11 is 0. The first-order valence-corrected chi connectivity index (χ1v) is 5.57. The van der Waals surface area contributed by atoms with Crippen molar-refractivity contribution < 1.29 is 4.74 Å². The fraction of sp³-hybridized carbons (Fsp3) is 0.538. The molecule has 0 spiro atoms. The largest absolute Gasteiger partial charge is 0.496 e. The van der Waals surface area contributed by atoms with Gasteiger partial charge in [0, 0.05) is 18.6 Å². The SMILES string of the molecule is COc1ccc(C(C)(C)CNCN)cc1C. The maximum Gasteiger partial charge on any atom is 0.121 e. The van der Waals surface area contributed by atoms with Crippen LogP contribution in [0.15, 0.2) is 18.2 Å². The molecule has 3 nitrogen and oxygen atoms in total. The summed E-state index contributed by atoms with van der Waals surface area (Å²) < 4.78 is 5.26. The summed E-state index contributed by atoms with van der Waals surface area (Å²) in [5, 5.41) is 3.18. The zero-order chi connectivity index (χ0) is 12.2. The van der Waals surface area contributed by atoms with E-state index in [1.165, 1.54) is 11.1 Å². The molecule has 1 rings (SSSR count). The molecule has 3 heteroatoms. The maximum absolute atomic E-state index is 5.46. The van der Waals surface area contributed by atoms with Gasteiger partial charge in [-0.05, 0) is 24.1 Å².